The molecule has 7 nitrogen and oxygen atoms in total. The second-order valence-electron chi connectivity index (χ2n) is 6.58. The van der Waals surface area contributed by atoms with Gasteiger partial charge in [-0.2, -0.15) is 0 Å². The Balaban J connectivity index is 1.53. The number of morpholine rings is 1. The molecule has 0 saturated carbocycles. The van der Waals surface area contributed by atoms with E-state index in [1.54, 1.807) is 24.8 Å². The lowest BCUT2D eigenvalue weighted by Gasteiger charge is -2.36. The van der Waals surface area contributed by atoms with E-state index in [-0.39, 0.29) is 11.9 Å². The van der Waals surface area contributed by atoms with E-state index in [2.05, 4.69) is 15.0 Å². The molecule has 1 saturated heterocycles. The molecule has 1 amide bonds. The number of aromatic nitrogens is 3. The van der Waals surface area contributed by atoms with Crippen molar-refractivity contribution in [3.8, 4) is 0 Å². The molecule has 2 aromatic heterocycles. The van der Waals surface area contributed by atoms with Crippen LogP contribution in [0.4, 0.5) is 0 Å². The summed E-state index contributed by atoms with van der Waals surface area (Å²) in [4.78, 5) is 29.3. The minimum Gasteiger partial charge on any atom is -0.377 e. The number of hydrogen-bond acceptors (Lipinski definition) is 6. The number of pyridine rings is 1. The monoisotopic (exact) mass is 355 g/mol. The second kappa shape index (κ2) is 9.35. The van der Waals surface area contributed by atoms with E-state index in [9.17, 15) is 4.79 Å². The van der Waals surface area contributed by atoms with Crippen molar-refractivity contribution in [3.05, 3.63) is 54.4 Å². The third kappa shape index (κ3) is 5.31. The maximum absolute atomic E-state index is 12.8. The van der Waals surface area contributed by atoms with Gasteiger partial charge in [-0.05, 0) is 31.5 Å². The molecule has 26 heavy (non-hydrogen) atoms. The minimum absolute atomic E-state index is 0.0880. The van der Waals surface area contributed by atoms with Gasteiger partial charge in [-0.15, -0.1) is 0 Å². The van der Waals surface area contributed by atoms with Crippen LogP contribution in [0.3, 0.4) is 0 Å². The van der Waals surface area contributed by atoms with E-state index >= 15 is 0 Å². The van der Waals surface area contributed by atoms with Crippen molar-refractivity contribution in [2.24, 2.45) is 0 Å². The van der Waals surface area contributed by atoms with Crippen molar-refractivity contribution in [1.82, 2.24) is 24.8 Å². The molecule has 2 aromatic rings. The first-order valence-corrected chi connectivity index (χ1v) is 8.92. The molecule has 1 aliphatic rings. The van der Waals surface area contributed by atoms with Crippen molar-refractivity contribution >= 4 is 5.91 Å². The fourth-order valence-electron chi connectivity index (χ4n) is 3.18. The van der Waals surface area contributed by atoms with E-state index < -0.39 is 0 Å². The Morgan fingerprint density at radius 2 is 2.19 bits per heavy atom. The Labute approximate surface area is 154 Å². The molecule has 0 bridgehead atoms. The van der Waals surface area contributed by atoms with E-state index in [1.807, 2.05) is 35.2 Å². The number of carbonyl (C=O) groups is 1. The van der Waals surface area contributed by atoms with Crippen molar-refractivity contribution in [1.29, 1.82) is 0 Å². The summed E-state index contributed by atoms with van der Waals surface area (Å²) >= 11 is 0. The molecular weight excluding hydrogens is 330 g/mol. The maximum atomic E-state index is 12.8. The fourth-order valence-corrected chi connectivity index (χ4v) is 3.18. The lowest BCUT2D eigenvalue weighted by atomic mass is 10.1. The maximum Gasteiger partial charge on any atom is 0.237 e. The van der Waals surface area contributed by atoms with Crippen LogP contribution in [-0.2, 0) is 22.5 Å². The van der Waals surface area contributed by atoms with Gasteiger partial charge in [-0.25, -0.2) is 0 Å². The van der Waals surface area contributed by atoms with Gasteiger partial charge < -0.3 is 9.64 Å². The molecule has 1 unspecified atom stereocenters. The number of ether oxygens (including phenoxy) is 1. The van der Waals surface area contributed by atoms with Gasteiger partial charge in [0.2, 0.25) is 5.91 Å². The highest BCUT2D eigenvalue weighted by Crippen LogP contribution is 2.14. The predicted octanol–water partition coefficient (Wildman–Crippen LogP) is 1.16. The normalized spacial score (nSPS) is 17.5. The zero-order valence-corrected chi connectivity index (χ0v) is 15.1. The van der Waals surface area contributed by atoms with Crippen LogP contribution in [0.2, 0.25) is 0 Å². The number of carbonyl (C=O) groups excluding carboxylic acids is 1. The topological polar surface area (TPSA) is 71.5 Å². The molecule has 0 aromatic carbocycles. The van der Waals surface area contributed by atoms with E-state index in [1.165, 1.54) is 0 Å². The van der Waals surface area contributed by atoms with Crippen LogP contribution in [0.15, 0.2) is 43.1 Å². The Bertz CT molecular complexity index is 683. The van der Waals surface area contributed by atoms with Crippen molar-refractivity contribution in [2.75, 3.05) is 33.4 Å². The average molecular weight is 355 g/mol. The summed E-state index contributed by atoms with van der Waals surface area (Å²) in [5.41, 5.74) is 2.04. The quantitative estimate of drug-likeness (QED) is 0.742. The van der Waals surface area contributed by atoms with Crippen molar-refractivity contribution in [3.63, 3.8) is 0 Å². The average Bonchev–Trinajstić information content (AvgIpc) is 2.68. The van der Waals surface area contributed by atoms with E-state index in [0.717, 1.165) is 24.1 Å². The summed E-state index contributed by atoms with van der Waals surface area (Å²) in [6.07, 6.45) is 10.3. The minimum atomic E-state index is 0.0880. The Kier molecular flexibility index (Phi) is 6.62. The number of aryl methyl sites for hydroxylation is 1. The zero-order valence-electron chi connectivity index (χ0n) is 15.1. The first kappa shape index (κ1) is 18.4. The predicted molar refractivity (Wildman–Crippen MR) is 97.2 cm³/mol. The molecule has 1 fully saturated rings. The van der Waals surface area contributed by atoms with Crippen LogP contribution < -0.4 is 0 Å². The van der Waals surface area contributed by atoms with Gasteiger partial charge in [0.15, 0.2) is 0 Å². The molecular formula is C19H25N5O2. The van der Waals surface area contributed by atoms with Gasteiger partial charge in [0.05, 0.1) is 31.5 Å². The van der Waals surface area contributed by atoms with Gasteiger partial charge in [0, 0.05) is 44.1 Å². The van der Waals surface area contributed by atoms with Gasteiger partial charge in [-0.1, -0.05) is 6.07 Å². The highest BCUT2D eigenvalue weighted by molar-refractivity contribution is 5.78. The fraction of sp³-hybridized carbons (Fsp3) is 0.474. The summed E-state index contributed by atoms with van der Waals surface area (Å²) in [7, 11) is 1.96. The Morgan fingerprint density at radius 1 is 1.31 bits per heavy atom. The molecule has 138 valence electrons. The van der Waals surface area contributed by atoms with Gasteiger partial charge in [-0.3, -0.25) is 24.6 Å². The van der Waals surface area contributed by atoms with Crippen molar-refractivity contribution < 1.29 is 9.53 Å². The molecule has 0 spiro atoms. The molecule has 0 radical (unpaired) electrons. The third-order valence-electron chi connectivity index (χ3n) is 4.48. The first-order valence-electron chi connectivity index (χ1n) is 8.92. The van der Waals surface area contributed by atoms with Crippen LogP contribution in [0, 0.1) is 0 Å². The standard InChI is InChI=1S/C19H25N5O2/c1-23(13-16-3-2-6-20-11-16)14-19(25)24-9-10-26-15-18(24)5-4-17-12-21-7-8-22-17/h2-3,6-8,11-12,18H,4-5,9-10,13-15H2,1H3. The SMILES string of the molecule is CN(CC(=O)N1CCOCC1CCc1cnccn1)Cc1cccnc1. The first-order chi connectivity index (χ1) is 12.7. The number of rotatable bonds is 7. The van der Waals surface area contributed by atoms with Crippen LogP contribution in [0.1, 0.15) is 17.7 Å². The van der Waals surface area contributed by atoms with Crippen LogP contribution in [-0.4, -0.2) is 70.1 Å². The molecule has 7 heteroatoms. The largest absolute Gasteiger partial charge is 0.377 e. The van der Waals surface area contributed by atoms with Gasteiger partial charge in [0.1, 0.15) is 0 Å². The van der Waals surface area contributed by atoms with Gasteiger partial charge >= 0.3 is 0 Å². The second-order valence-corrected chi connectivity index (χ2v) is 6.58. The van der Waals surface area contributed by atoms with Crippen LogP contribution >= 0.6 is 0 Å². The smallest absolute Gasteiger partial charge is 0.237 e. The summed E-state index contributed by atoms with van der Waals surface area (Å²) in [6.45, 7) is 2.91. The molecule has 0 aliphatic carbocycles. The highest BCUT2D eigenvalue weighted by Gasteiger charge is 2.27. The number of amides is 1. The summed E-state index contributed by atoms with van der Waals surface area (Å²) < 4.78 is 5.60. The summed E-state index contributed by atoms with van der Waals surface area (Å²) in [5.74, 6) is 0.142. The van der Waals surface area contributed by atoms with E-state index in [0.29, 0.717) is 32.8 Å². The molecule has 3 heterocycles. The lowest BCUT2D eigenvalue weighted by molar-refractivity contribution is -0.141. The summed E-state index contributed by atoms with van der Waals surface area (Å²) in [6, 6.07) is 4.02. The molecule has 1 aliphatic heterocycles. The molecule has 0 N–H and O–H groups in total. The number of nitrogens with zero attached hydrogens (tertiary/aromatic N) is 5. The summed E-state index contributed by atoms with van der Waals surface area (Å²) in [5, 5.41) is 0. The zero-order chi connectivity index (χ0) is 18.2. The van der Waals surface area contributed by atoms with Crippen LogP contribution in [0.25, 0.3) is 0 Å². The highest BCUT2D eigenvalue weighted by atomic mass is 16.5. The van der Waals surface area contributed by atoms with E-state index in [4.69, 9.17) is 4.74 Å². The number of hydrogen-bond donors (Lipinski definition) is 0. The molecule has 1 atom stereocenters. The third-order valence-corrected chi connectivity index (χ3v) is 4.48. The van der Waals surface area contributed by atoms with Gasteiger partial charge in [0.25, 0.3) is 0 Å². The lowest BCUT2D eigenvalue weighted by Crippen LogP contribution is -2.51. The Hall–Kier alpha value is -2.38. The van der Waals surface area contributed by atoms with Crippen molar-refractivity contribution in [2.45, 2.75) is 25.4 Å². The number of likely N-dealkylation sites (N-methyl/N-ethyl adjacent to an activating group) is 1. The van der Waals surface area contributed by atoms with Crippen LogP contribution in [0.5, 0.6) is 0 Å². The Morgan fingerprint density at radius 3 is 2.96 bits per heavy atom. The molecule has 3 rings (SSSR count).